The van der Waals surface area contributed by atoms with Gasteiger partial charge in [-0.1, -0.05) is 48.9 Å². The average molecular weight is 503 g/mol. The van der Waals surface area contributed by atoms with Crippen molar-refractivity contribution in [2.45, 2.75) is 18.4 Å². The number of halogens is 3. The van der Waals surface area contributed by atoms with Crippen molar-refractivity contribution < 1.29 is 28.2 Å². The number of nitrogens with two attached hydrogens (primary N) is 1. The molecule has 0 aromatic heterocycles. The largest absolute Gasteiger partial charge is 0.488 e. The number of aliphatic hydroxyl groups is 1. The molecule has 3 aromatic carbocycles. The van der Waals surface area contributed by atoms with Crippen LogP contribution in [0.2, 0.25) is 5.02 Å². The van der Waals surface area contributed by atoms with E-state index in [2.05, 4.69) is 5.32 Å². The third kappa shape index (κ3) is 4.11. The molecule has 184 valence electrons. The number of primary amides is 1. The molecule has 35 heavy (non-hydrogen) atoms. The zero-order valence-corrected chi connectivity index (χ0v) is 20.0. The van der Waals surface area contributed by atoms with Gasteiger partial charge in [0.15, 0.2) is 17.2 Å². The van der Waals surface area contributed by atoms with Crippen LogP contribution in [0.5, 0.6) is 11.5 Å². The van der Waals surface area contributed by atoms with E-state index in [-0.39, 0.29) is 46.4 Å². The Kier molecular flexibility index (Phi) is 6.98. The van der Waals surface area contributed by atoms with E-state index in [1.54, 1.807) is 7.05 Å². The highest BCUT2D eigenvalue weighted by molar-refractivity contribution is 6.34. The summed E-state index contributed by atoms with van der Waals surface area (Å²) < 4.78 is 42.6. The molecule has 0 saturated carbocycles. The molecule has 0 spiro atoms. The molecule has 0 saturated heterocycles. The fraction of sp³-hybridized carbons (Fsp3) is 0.269. The molecule has 9 heteroatoms. The van der Waals surface area contributed by atoms with Crippen LogP contribution in [-0.4, -0.2) is 37.8 Å². The van der Waals surface area contributed by atoms with E-state index in [1.165, 1.54) is 18.2 Å². The van der Waals surface area contributed by atoms with Crippen LogP contribution in [0.25, 0.3) is 11.1 Å². The normalized spacial score (nSPS) is 18.7. The number of hydrogen-bond acceptors (Lipinski definition) is 5. The maximum absolute atomic E-state index is 15.8. The first kappa shape index (κ1) is 24.9. The average Bonchev–Trinajstić information content (AvgIpc) is 3.12. The number of carbonyl (C=O) groups excluding carboxylic acids is 1. The van der Waals surface area contributed by atoms with Crippen molar-refractivity contribution in [3.05, 3.63) is 81.9 Å². The Morgan fingerprint density at radius 3 is 2.57 bits per heavy atom. The number of benzene rings is 3. The molecule has 0 bridgehead atoms. The molecular weight excluding hydrogens is 478 g/mol. The van der Waals surface area contributed by atoms with Crippen molar-refractivity contribution in [2.75, 3.05) is 26.8 Å². The first-order valence-electron chi connectivity index (χ1n) is 11.0. The maximum Gasteiger partial charge on any atom is 0.249 e. The smallest absolute Gasteiger partial charge is 0.249 e. The quantitative estimate of drug-likeness (QED) is 0.425. The van der Waals surface area contributed by atoms with Crippen LogP contribution in [0.1, 0.15) is 34.3 Å². The molecule has 4 rings (SSSR count). The summed E-state index contributed by atoms with van der Waals surface area (Å²) in [4.78, 5) is 12.3. The van der Waals surface area contributed by atoms with Crippen molar-refractivity contribution in [1.82, 2.24) is 5.32 Å². The van der Waals surface area contributed by atoms with Crippen LogP contribution < -0.4 is 20.5 Å². The fourth-order valence-corrected chi connectivity index (χ4v) is 5.00. The van der Waals surface area contributed by atoms with Crippen LogP contribution in [0.4, 0.5) is 8.78 Å². The van der Waals surface area contributed by atoms with E-state index >= 15 is 8.78 Å². The van der Waals surface area contributed by atoms with Gasteiger partial charge in [0.05, 0.1) is 17.2 Å². The van der Waals surface area contributed by atoms with Gasteiger partial charge in [-0.3, -0.25) is 4.79 Å². The lowest BCUT2D eigenvalue weighted by molar-refractivity contribution is 0.0719. The number of rotatable bonds is 8. The van der Waals surface area contributed by atoms with E-state index in [0.29, 0.717) is 12.1 Å². The Morgan fingerprint density at radius 1 is 1.23 bits per heavy atom. The zero-order chi connectivity index (χ0) is 25.3. The molecular formula is C26H25ClF2N2O4. The van der Waals surface area contributed by atoms with Crippen LogP contribution in [0, 0.1) is 11.6 Å². The monoisotopic (exact) mass is 502 g/mol. The predicted molar refractivity (Wildman–Crippen MR) is 129 cm³/mol. The second-order valence-electron chi connectivity index (χ2n) is 8.31. The molecule has 0 aliphatic carbocycles. The first-order valence-corrected chi connectivity index (χ1v) is 11.4. The molecule has 1 aliphatic rings. The standard InChI is InChI=1S/C26H25ClF2N2O4/c1-14-20-19(35-26(14,13-31-2)15-6-4-3-5-7-15)12-17(28)23(27)22(20)21-16(25(30)33)8-9-18(24(21)29)34-11-10-32/h3-9,12,14,31-32H,10-11,13H2,1-2H3,(H2,30,33)/t14-,26-/m0/s1. The van der Waals surface area contributed by atoms with E-state index in [9.17, 15) is 4.79 Å². The fourth-order valence-electron chi connectivity index (χ4n) is 4.75. The van der Waals surface area contributed by atoms with Crippen molar-refractivity contribution in [3.8, 4) is 22.6 Å². The molecule has 3 aromatic rings. The Morgan fingerprint density at radius 2 is 1.94 bits per heavy atom. The van der Waals surface area contributed by atoms with Gasteiger partial charge in [-0.25, -0.2) is 8.78 Å². The summed E-state index contributed by atoms with van der Waals surface area (Å²) in [5, 5.41) is 11.9. The highest BCUT2D eigenvalue weighted by Gasteiger charge is 2.49. The number of hydrogen-bond donors (Lipinski definition) is 3. The van der Waals surface area contributed by atoms with Gasteiger partial charge < -0.3 is 25.6 Å². The van der Waals surface area contributed by atoms with Gasteiger partial charge in [0.2, 0.25) is 5.91 Å². The zero-order valence-electron chi connectivity index (χ0n) is 19.2. The summed E-state index contributed by atoms with van der Waals surface area (Å²) in [6.07, 6.45) is 0. The van der Waals surface area contributed by atoms with Crippen LogP contribution >= 0.6 is 11.6 Å². The van der Waals surface area contributed by atoms with Crippen LogP contribution in [0.15, 0.2) is 48.5 Å². The molecule has 0 radical (unpaired) electrons. The highest BCUT2D eigenvalue weighted by atomic mass is 35.5. The number of amides is 1. The highest BCUT2D eigenvalue weighted by Crippen LogP contribution is 2.56. The topological polar surface area (TPSA) is 93.8 Å². The molecule has 6 nitrogen and oxygen atoms in total. The first-order chi connectivity index (χ1) is 16.8. The molecule has 1 amide bonds. The number of nitrogens with one attached hydrogen (secondary N) is 1. The van der Waals surface area contributed by atoms with E-state index in [0.717, 1.165) is 5.56 Å². The summed E-state index contributed by atoms with van der Waals surface area (Å²) in [5.41, 5.74) is 5.38. The van der Waals surface area contributed by atoms with Gasteiger partial charge in [-0.05, 0) is 24.7 Å². The van der Waals surface area contributed by atoms with Crippen molar-refractivity contribution >= 4 is 17.5 Å². The number of aliphatic hydroxyl groups excluding tert-OH is 1. The maximum atomic E-state index is 15.8. The molecule has 4 N–H and O–H groups in total. The van der Waals surface area contributed by atoms with Crippen LogP contribution in [-0.2, 0) is 5.60 Å². The van der Waals surface area contributed by atoms with E-state index in [1.807, 2.05) is 37.3 Å². The second kappa shape index (κ2) is 9.81. The molecule has 1 heterocycles. The summed E-state index contributed by atoms with van der Waals surface area (Å²) in [6, 6.07) is 13.1. The van der Waals surface area contributed by atoms with Gasteiger partial charge in [-0.2, -0.15) is 0 Å². The summed E-state index contributed by atoms with van der Waals surface area (Å²) >= 11 is 6.45. The van der Waals surface area contributed by atoms with E-state index in [4.69, 9.17) is 31.9 Å². The van der Waals surface area contributed by atoms with Crippen LogP contribution in [0.3, 0.4) is 0 Å². The lowest BCUT2D eigenvalue weighted by Crippen LogP contribution is -2.43. The molecule has 2 atom stereocenters. The third-order valence-electron chi connectivity index (χ3n) is 6.32. The molecule has 1 aliphatic heterocycles. The minimum absolute atomic E-state index is 0.0242. The van der Waals surface area contributed by atoms with Crippen molar-refractivity contribution in [1.29, 1.82) is 0 Å². The summed E-state index contributed by atoms with van der Waals surface area (Å²) in [7, 11) is 1.77. The lowest BCUT2D eigenvalue weighted by atomic mass is 9.77. The number of likely N-dealkylation sites (N-methyl/N-ethyl adjacent to an activating group) is 1. The molecule has 0 unspecified atom stereocenters. The lowest BCUT2D eigenvalue weighted by Gasteiger charge is -2.33. The Hall–Kier alpha value is -3.20. The van der Waals surface area contributed by atoms with Crippen molar-refractivity contribution in [2.24, 2.45) is 5.73 Å². The second-order valence-corrected chi connectivity index (χ2v) is 8.68. The van der Waals surface area contributed by atoms with E-state index < -0.39 is 29.1 Å². The van der Waals surface area contributed by atoms with Gasteiger partial charge in [-0.15, -0.1) is 0 Å². The van der Waals surface area contributed by atoms with Gasteiger partial charge in [0, 0.05) is 35.2 Å². The van der Waals surface area contributed by atoms with Gasteiger partial charge >= 0.3 is 0 Å². The number of fused-ring (bicyclic) bond motifs is 1. The SMILES string of the molecule is CNC[C@]1(c2ccccc2)Oc2cc(F)c(Cl)c(-c3c(C(N)=O)ccc(OCCO)c3F)c2[C@@H]1C. The summed E-state index contributed by atoms with van der Waals surface area (Å²) in [5.74, 6) is -3.19. The van der Waals surface area contributed by atoms with Crippen molar-refractivity contribution in [3.63, 3.8) is 0 Å². The van der Waals surface area contributed by atoms with Gasteiger partial charge in [0.1, 0.15) is 18.2 Å². The Labute approximate surface area is 206 Å². The van der Waals surface area contributed by atoms with Gasteiger partial charge in [0.25, 0.3) is 0 Å². The number of ether oxygens (including phenoxy) is 2. The molecule has 0 fully saturated rings. The number of carbonyl (C=O) groups is 1. The Bertz CT molecular complexity index is 1270. The predicted octanol–water partition coefficient (Wildman–Crippen LogP) is 4.37. The summed E-state index contributed by atoms with van der Waals surface area (Å²) in [6.45, 7) is 1.70. The minimum atomic E-state index is -0.960. The Balaban J connectivity index is 2.02. The minimum Gasteiger partial charge on any atom is -0.488 e. The third-order valence-corrected chi connectivity index (χ3v) is 6.69.